The van der Waals surface area contributed by atoms with Crippen molar-refractivity contribution in [1.29, 1.82) is 0 Å². The Morgan fingerprint density at radius 1 is 0.853 bits per heavy atom. The van der Waals surface area contributed by atoms with E-state index in [4.69, 9.17) is 23.8 Å². The number of benzene rings is 2. The molecule has 0 saturated carbocycles. The number of sulfonamides is 1. The number of piperidine rings is 1. The maximum absolute atomic E-state index is 13.0. The van der Waals surface area contributed by atoms with Gasteiger partial charge >= 0.3 is 0 Å². The number of sulfone groups is 1. The fraction of sp³-hybridized carbons (Fsp3) is 0.227. The Kier molecular flexibility index (Phi) is 7.60. The van der Waals surface area contributed by atoms with E-state index in [2.05, 4.69) is 10.6 Å². The molecule has 1 fully saturated rings. The van der Waals surface area contributed by atoms with Crippen LogP contribution in [0.3, 0.4) is 0 Å². The molecule has 2 heterocycles. The molecule has 0 spiro atoms. The van der Waals surface area contributed by atoms with Gasteiger partial charge in [-0.2, -0.15) is 4.31 Å². The molecule has 0 atom stereocenters. The standard InChI is InChI=1S/C22H22ClN3O4S4/c23-16-4-8-18(9-5-16)33(27,28)21-15-32-14-20(21)25-22(31)24-17-6-10-19(11-7-17)34(29,30)26-12-2-1-3-13-26/h4-11,14-15H,1-3,12-13H2,(H2,24,25,31). The molecule has 0 bridgehead atoms. The molecule has 1 aliphatic rings. The van der Waals surface area contributed by atoms with Crippen LogP contribution in [0, 0.1) is 0 Å². The summed E-state index contributed by atoms with van der Waals surface area (Å²) in [6.07, 6.45) is 2.79. The molecule has 0 unspecified atom stereocenters. The molecule has 2 aromatic carbocycles. The summed E-state index contributed by atoms with van der Waals surface area (Å²) in [4.78, 5) is 0.461. The molecular formula is C22H22ClN3O4S4. The number of rotatable bonds is 6. The zero-order chi connectivity index (χ0) is 24.3. The van der Waals surface area contributed by atoms with Gasteiger partial charge in [-0.25, -0.2) is 16.8 Å². The second-order valence-electron chi connectivity index (χ2n) is 7.68. The van der Waals surface area contributed by atoms with E-state index in [1.807, 2.05) is 0 Å². The lowest BCUT2D eigenvalue weighted by molar-refractivity contribution is 0.346. The van der Waals surface area contributed by atoms with Crippen molar-refractivity contribution in [1.82, 2.24) is 4.31 Å². The normalized spacial score (nSPS) is 15.1. The van der Waals surface area contributed by atoms with E-state index >= 15 is 0 Å². The minimum atomic E-state index is -3.76. The first kappa shape index (κ1) is 25.1. The molecule has 0 radical (unpaired) electrons. The number of hydrogen-bond donors (Lipinski definition) is 2. The first-order chi connectivity index (χ1) is 16.2. The molecule has 34 heavy (non-hydrogen) atoms. The smallest absolute Gasteiger partial charge is 0.243 e. The number of halogens is 1. The van der Waals surface area contributed by atoms with Crippen LogP contribution < -0.4 is 10.6 Å². The van der Waals surface area contributed by atoms with Crippen molar-refractivity contribution in [3.8, 4) is 0 Å². The fourth-order valence-electron chi connectivity index (χ4n) is 3.57. The number of nitrogens with zero attached hydrogens (tertiary/aromatic N) is 1. The van der Waals surface area contributed by atoms with E-state index < -0.39 is 19.9 Å². The summed E-state index contributed by atoms with van der Waals surface area (Å²) in [6.45, 7) is 1.08. The number of anilines is 2. The highest BCUT2D eigenvalue weighted by molar-refractivity contribution is 7.91. The predicted octanol–water partition coefficient (Wildman–Crippen LogP) is 5.22. The Morgan fingerprint density at radius 2 is 1.47 bits per heavy atom. The van der Waals surface area contributed by atoms with Crippen LogP contribution in [-0.2, 0) is 19.9 Å². The highest BCUT2D eigenvalue weighted by atomic mass is 35.5. The van der Waals surface area contributed by atoms with Crippen LogP contribution in [0.1, 0.15) is 19.3 Å². The lowest BCUT2D eigenvalue weighted by Gasteiger charge is -2.25. The molecule has 1 saturated heterocycles. The number of thiocarbonyl (C=S) groups is 1. The van der Waals surface area contributed by atoms with Crippen LogP contribution in [0.4, 0.5) is 11.4 Å². The molecule has 1 aromatic heterocycles. The van der Waals surface area contributed by atoms with E-state index in [0.717, 1.165) is 19.3 Å². The Labute approximate surface area is 213 Å². The number of thiophene rings is 1. The van der Waals surface area contributed by atoms with Crippen LogP contribution in [0.5, 0.6) is 0 Å². The first-order valence-electron chi connectivity index (χ1n) is 10.4. The lowest BCUT2D eigenvalue weighted by atomic mass is 10.2. The average Bonchev–Trinajstić information content (AvgIpc) is 3.29. The summed E-state index contributed by atoms with van der Waals surface area (Å²) in [6, 6.07) is 12.3. The van der Waals surface area contributed by atoms with Crippen molar-refractivity contribution in [2.45, 2.75) is 33.9 Å². The van der Waals surface area contributed by atoms with Crippen molar-refractivity contribution >= 4 is 71.5 Å². The van der Waals surface area contributed by atoms with Crippen LogP contribution >= 0.6 is 35.2 Å². The third-order valence-corrected chi connectivity index (χ3v) is 10.4. The van der Waals surface area contributed by atoms with Gasteiger partial charge < -0.3 is 10.6 Å². The maximum Gasteiger partial charge on any atom is 0.243 e. The molecule has 0 amide bonds. The van der Waals surface area contributed by atoms with E-state index in [1.54, 1.807) is 17.5 Å². The number of hydrogen-bond acceptors (Lipinski definition) is 6. The van der Waals surface area contributed by atoms with E-state index in [9.17, 15) is 16.8 Å². The van der Waals surface area contributed by atoms with Crippen LogP contribution in [0.15, 0.2) is 74.0 Å². The second-order valence-corrected chi connectivity index (χ2v) is 13.1. The van der Waals surface area contributed by atoms with Gasteiger partial charge in [0, 0.05) is 34.6 Å². The predicted molar refractivity (Wildman–Crippen MR) is 140 cm³/mol. The van der Waals surface area contributed by atoms with Crippen molar-refractivity contribution in [2.75, 3.05) is 23.7 Å². The SMILES string of the molecule is O=S(=O)(c1ccc(Cl)cc1)c1cscc1NC(=S)Nc1ccc(S(=O)(=O)N2CCCCC2)cc1. The fourth-order valence-corrected chi connectivity index (χ4v) is 7.98. The van der Waals surface area contributed by atoms with Gasteiger partial charge in [0.2, 0.25) is 19.9 Å². The Balaban J connectivity index is 1.45. The van der Waals surface area contributed by atoms with Gasteiger partial charge in [0.05, 0.1) is 15.5 Å². The zero-order valence-corrected chi connectivity index (χ0v) is 21.9. The Bertz CT molecular complexity index is 1380. The van der Waals surface area contributed by atoms with Gasteiger partial charge in [0.25, 0.3) is 0 Å². The van der Waals surface area contributed by atoms with Gasteiger partial charge in [-0.15, -0.1) is 11.3 Å². The zero-order valence-electron chi connectivity index (χ0n) is 17.9. The van der Waals surface area contributed by atoms with Gasteiger partial charge in [0.15, 0.2) is 5.11 Å². The van der Waals surface area contributed by atoms with Crippen LogP contribution in [-0.4, -0.2) is 39.3 Å². The molecule has 3 aromatic rings. The lowest BCUT2D eigenvalue weighted by Crippen LogP contribution is -2.35. The quantitative estimate of drug-likeness (QED) is 0.403. The third kappa shape index (κ3) is 5.45. The molecular weight excluding hydrogens is 534 g/mol. The minimum Gasteiger partial charge on any atom is -0.332 e. The Morgan fingerprint density at radius 3 is 2.12 bits per heavy atom. The van der Waals surface area contributed by atoms with Crippen LogP contribution in [0.2, 0.25) is 5.02 Å². The Hall–Kier alpha value is -2.02. The molecule has 2 N–H and O–H groups in total. The van der Waals surface area contributed by atoms with Crippen molar-refractivity contribution < 1.29 is 16.8 Å². The van der Waals surface area contributed by atoms with Crippen molar-refractivity contribution in [3.05, 3.63) is 64.3 Å². The largest absolute Gasteiger partial charge is 0.332 e. The minimum absolute atomic E-state index is 0.104. The summed E-state index contributed by atoms with van der Waals surface area (Å²) >= 11 is 12.5. The molecule has 0 aliphatic carbocycles. The average molecular weight is 556 g/mol. The van der Waals surface area contributed by atoms with E-state index in [1.165, 1.54) is 57.4 Å². The monoisotopic (exact) mass is 555 g/mol. The van der Waals surface area contributed by atoms with Crippen LogP contribution in [0.25, 0.3) is 0 Å². The van der Waals surface area contributed by atoms with Crippen molar-refractivity contribution in [3.63, 3.8) is 0 Å². The summed E-state index contributed by atoms with van der Waals surface area (Å²) in [5.41, 5.74) is 0.925. The maximum atomic E-state index is 13.0. The molecule has 1 aliphatic heterocycles. The van der Waals surface area contributed by atoms with Gasteiger partial charge in [-0.1, -0.05) is 18.0 Å². The summed E-state index contributed by atoms with van der Waals surface area (Å²) in [5.74, 6) is 0. The van der Waals surface area contributed by atoms with E-state index in [-0.39, 0.29) is 19.8 Å². The highest BCUT2D eigenvalue weighted by Crippen LogP contribution is 2.32. The van der Waals surface area contributed by atoms with Crippen molar-refractivity contribution in [2.24, 2.45) is 0 Å². The molecule has 180 valence electrons. The summed E-state index contributed by atoms with van der Waals surface area (Å²) < 4.78 is 53.2. The van der Waals surface area contributed by atoms with Gasteiger partial charge in [-0.05, 0) is 73.6 Å². The second kappa shape index (κ2) is 10.3. The summed E-state index contributed by atoms with van der Waals surface area (Å²) in [7, 11) is -7.28. The topological polar surface area (TPSA) is 95.6 Å². The van der Waals surface area contributed by atoms with Gasteiger partial charge in [0.1, 0.15) is 4.90 Å². The number of nitrogens with one attached hydrogen (secondary N) is 2. The van der Waals surface area contributed by atoms with Gasteiger partial charge in [-0.3, -0.25) is 0 Å². The van der Waals surface area contributed by atoms with E-state index in [0.29, 0.717) is 29.5 Å². The first-order valence-corrected chi connectivity index (χ1v) is 15.1. The third-order valence-electron chi connectivity index (χ3n) is 5.35. The molecule has 12 heteroatoms. The molecule has 4 rings (SSSR count). The summed E-state index contributed by atoms with van der Waals surface area (Å²) in [5, 5.41) is 9.71. The molecule has 7 nitrogen and oxygen atoms in total. The highest BCUT2D eigenvalue weighted by Gasteiger charge is 2.26.